The molecule has 1 aliphatic heterocycles. The molecule has 0 bridgehead atoms. The average molecular weight is 420 g/mol. The number of hydrogen-bond donors (Lipinski definition) is 0. The van der Waals surface area contributed by atoms with Crippen LogP contribution in [-0.2, 0) is 10.0 Å². The summed E-state index contributed by atoms with van der Waals surface area (Å²) in [6, 6.07) is 20.3. The van der Waals surface area contributed by atoms with Crippen LogP contribution in [0, 0.1) is 6.92 Å². The second kappa shape index (κ2) is 7.34. The molecule has 6 nitrogen and oxygen atoms in total. The van der Waals surface area contributed by atoms with Crippen LogP contribution in [0.2, 0.25) is 0 Å². The van der Waals surface area contributed by atoms with Crippen LogP contribution in [0.25, 0.3) is 22.2 Å². The number of benzene rings is 3. The molecule has 1 saturated heterocycles. The first-order chi connectivity index (χ1) is 14.5. The maximum absolute atomic E-state index is 13.4. The van der Waals surface area contributed by atoms with E-state index in [9.17, 15) is 8.42 Å². The zero-order chi connectivity index (χ0) is 20.7. The lowest BCUT2D eigenvalue weighted by Crippen LogP contribution is -2.30. The number of aromatic nitrogens is 2. The molecule has 2 heterocycles. The van der Waals surface area contributed by atoms with Crippen LogP contribution in [-0.4, -0.2) is 29.4 Å². The third kappa shape index (κ3) is 3.30. The fraction of sp³-hybridized carbons (Fsp3) is 0.217. The lowest BCUT2D eigenvalue weighted by atomic mass is 10.1. The minimum absolute atomic E-state index is 0.284. The Morgan fingerprint density at radius 2 is 1.77 bits per heavy atom. The molecule has 0 amide bonds. The normalized spacial score (nSPS) is 17.6. The molecule has 0 N–H and O–H groups in total. The molecule has 0 spiro atoms. The number of rotatable bonds is 4. The summed E-state index contributed by atoms with van der Waals surface area (Å²) < 4.78 is 33.8. The van der Waals surface area contributed by atoms with Gasteiger partial charge in [0.1, 0.15) is 6.04 Å². The SMILES string of the molecule is Cc1ccc(-c2noc([C@@H]3CCCN3S(=O)(=O)c3ccc4ccccc4c3)n2)cc1. The molecule has 0 aliphatic carbocycles. The predicted octanol–water partition coefficient (Wildman–Crippen LogP) is 4.72. The van der Waals surface area contributed by atoms with Gasteiger partial charge < -0.3 is 4.52 Å². The molecule has 4 aromatic rings. The highest BCUT2D eigenvalue weighted by Crippen LogP contribution is 2.37. The van der Waals surface area contributed by atoms with Crippen molar-refractivity contribution in [2.45, 2.75) is 30.7 Å². The molecular formula is C23H21N3O3S. The minimum atomic E-state index is -3.68. The first kappa shape index (κ1) is 19.0. The first-order valence-electron chi connectivity index (χ1n) is 9.94. The molecule has 5 rings (SSSR count). The zero-order valence-corrected chi connectivity index (χ0v) is 17.3. The van der Waals surface area contributed by atoms with Crippen molar-refractivity contribution in [1.29, 1.82) is 0 Å². The molecule has 0 saturated carbocycles. The van der Waals surface area contributed by atoms with Gasteiger partial charge >= 0.3 is 0 Å². The lowest BCUT2D eigenvalue weighted by molar-refractivity contribution is 0.290. The van der Waals surface area contributed by atoms with Crippen molar-refractivity contribution in [3.05, 3.63) is 78.2 Å². The highest BCUT2D eigenvalue weighted by Gasteiger charge is 2.39. The third-order valence-corrected chi connectivity index (χ3v) is 7.47. The first-order valence-corrected chi connectivity index (χ1v) is 11.4. The van der Waals surface area contributed by atoms with E-state index in [1.54, 1.807) is 12.1 Å². The van der Waals surface area contributed by atoms with Gasteiger partial charge in [0.05, 0.1) is 4.90 Å². The summed E-state index contributed by atoms with van der Waals surface area (Å²) in [4.78, 5) is 4.80. The van der Waals surface area contributed by atoms with Crippen molar-refractivity contribution in [3.8, 4) is 11.4 Å². The van der Waals surface area contributed by atoms with Crippen molar-refractivity contribution in [2.75, 3.05) is 6.54 Å². The van der Waals surface area contributed by atoms with Crippen LogP contribution < -0.4 is 0 Å². The Labute approximate surface area is 175 Å². The van der Waals surface area contributed by atoms with Crippen molar-refractivity contribution in [2.24, 2.45) is 0 Å². The van der Waals surface area contributed by atoms with Gasteiger partial charge in [-0.1, -0.05) is 65.3 Å². The van der Waals surface area contributed by atoms with E-state index in [1.165, 1.54) is 4.31 Å². The summed E-state index contributed by atoms with van der Waals surface area (Å²) in [5.74, 6) is 0.812. The molecule has 1 atom stereocenters. The van der Waals surface area contributed by atoms with Gasteiger partial charge in [-0.3, -0.25) is 0 Å². The van der Waals surface area contributed by atoms with Gasteiger partial charge in [0, 0.05) is 12.1 Å². The van der Waals surface area contributed by atoms with Crippen LogP contribution in [0.5, 0.6) is 0 Å². The van der Waals surface area contributed by atoms with Gasteiger partial charge in [-0.05, 0) is 42.7 Å². The largest absolute Gasteiger partial charge is 0.337 e. The Kier molecular flexibility index (Phi) is 4.64. The molecule has 0 radical (unpaired) electrons. The Morgan fingerprint density at radius 3 is 2.57 bits per heavy atom. The van der Waals surface area contributed by atoms with E-state index in [2.05, 4.69) is 10.1 Å². The van der Waals surface area contributed by atoms with Crippen molar-refractivity contribution in [1.82, 2.24) is 14.4 Å². The average Bonchev–Trinajstić information content (AvgIpc) is 3.44. The van der Waals surface area contributed by atoms with Crippen molar-refractivity contribution in [3.63, 3.8) is 0 Å². The third-order valence-electron chi connectivity index (χ3n) is 5.57. The second-order valence-electron chi connectivity index (χ2n) is 7.60. The van der Waals surface area contributed by atoms with Crippen LogP contribution >= 0.6 is 0 Å². The summed E-state index contributed by atoms with van der Waals surface area (Å²) in [7, 11) is -3.68. The minimum Gasteiger partial charge on any atom is -0.337 e. The molecule has 0 unspecified atom stereocenters. The molecule has 152 valence electrons. The Balaban J connectivity index is 1.47. The second-order valence-corrected chi connectivity index (χ2v) is 9.50. The van der Waals surface area contributed by atoms with Gasteiger partial charge in [0.2, 0.25) is 21.7 Å². The zero-order valence-electron chi connectivity index (χ0n) is 16.5. The standard InChI is InChI=1S/C23H21N3O3S/c1-16-8-10-18(11-9-16)22-24-23(29-25-22)21-7-4-14-26(21)30(27,28)20-13-12-17-5-2-3-6-19(17)15-20/h2-3,5-6,8-13,15,21H,4,7,14H2,1H3/t21-/m0/s1. The summed E-state index contributed by atoms with van der Waals surface area (Å²) in [5.41, 5.74) is 1.99. The molecule has 1 aliphatic rings. The van der Waals surface area contributed by atoms with Gasteiger partial charge in [-0.15, -0.1) is 0 Å². The summed E-state index contributed by atoms with van der Waals surface area (Å²) in [6.45, 7) is 2.45. The smallest absolute Gasteiger partial charge is 0.245 e. The van der Waals surface area contributed by atoms with E-state index in [0.29, 0.717) is 24.7 Å². The van der Waals surface area contributed by atoms with Crippen LogP contribution in [0.1, 0.15) is 30.3 Å². The molecule has 30 heavy (non-hydrogen) atoms. The van der Waals surface area contributed by atoms with Crippen molar-refractivity contribution < 1.29 is 12.9 Å². The summed E-state index contributed by atoms with van der Waals surface area (Å²) in [6.07, 6.45) is 1.40. The van der Waals surface area contributed by atoms with E-state index < -0.39 is 16.1 Å². The van der Waals surface area contributed by atoms with E-state index in [1.807, 2.05) is 61.5 Å². The molecular weight excluding hydrogens is 398 g/mol. The van der Waals surface area contributed by atoms with Gasteiger partial charge in [-0.2, -0.15) is 9.29 Å². The van der Waals surface area contributed by atoms with Crippen LogP contribution in [0.3, 0.4) is 0 Å². The Morgan fingerprint density at radius 1 is 1.00 bits per heavy atom. The number of nitrogens with zero attached hydrogens (tertiary/aromatic N) is 3. The van der Waals surface area contributed by atoms with E-state index in [-0.39, 0.29) is 4.90 Å². The van der Waals surface area contributed by atoms with Crippen molar-refractivity contribution >= 4 is 20.8 Å². The van der Waals surface area contributed by atoms with E-state index >= 15 is 0 Å². The topological polar surface area (TPSA) is 76.3 Å². The highest BCUT2D eigenvalue weighted by atomic mass is 32.2. The summed E-state index contributed by atoms with van der Waals surface area (Å²) >= 11 is 0. The van der Waals surface area contributed by atoms with Crippen LogP contribution in [0.4, 0.5) is 0 Å². The Bertz CT molecular complexity index is 1310. The van der Waals surface area contributed by atoms with E-state index in [4.69, 9.17) is 4.52 Å². The molecule has 3 aromatic carbocycles. The monoisotopic (exact) mass is 419 g/mol. The van der Waals surface area contributed by atoms with E-state index in [0.717, 1.165) is 28.3 Å². The number of fused-ring (bicyclic) bond motifs is 1. The Hall–Kier alpha value is -3.03. The van der Waals surface area contributed by atoms with Gasteiger partial charge in [0.15, 0.2) is 0 Å². The van der Waals surface area contributed by atoms with Gasteiger partial charge in [-0.25, -0.2) is 8.42 Å². The maximum Gasteiger partial charge on any atom is 0.245 e. The molecule has 7 heteroatoms. The highest BCUT2D eigenvalue weighted by molar-refractivity contribution is 7.89. The fourth-order valence-electron chi connectivity index (χ4n) is 3.93. The lowest BCUT2D eigenvalue weighted by Gasteiger charge is -2.21. The van der Waals surface area contributed by atoms with Gasteiger partial charge in [0.25, 0.3) is 0 Å². The number of aryl methyl sites for hydroxylation is 1. The maximum atomic E-state index is 13.4. The quantitative estimate of drug-likeness (QED) is 0.478. The number of sulfonamides is 1. The molecule has 1 aromatic heterocycles. The number of hydrogen-bond acceptors (Lipinski definition) is 5. The predicted molar refractivity (Wildman–Crippen MR) is 114 cm³/mol. The molecule has 1 fully saturated rings. The van der Waals surface area contributed by atoms with Crippen LogP contribution in [0.15, 0.2) is 76.1 Å². The summed E-state index contributed by atoms with van der Waals surface area (Å²) in [5, 5.41) is 5.99. The fourth-order valence-corrected chi connectivity index (χ4v) is 5.62.